The molecule has 1 heterocycles. The van der Waals surface area contributed by atoms with E-state index in [0.29, 0.717) is 25.4 Å². The Bertz CT molecular complexity index is 443. The van der Waals surface area contributed by atoms with Crippen molar-refractivity contribution in [1.82, 2.24) is 0 Å². The van der Waals surface area contributed by atoms with Crippen molar-refractivity contribution in [3.05, 3.63) is 48.2 Å². The van der Waals surface area contributed by atoms with E-state index in [0.717, 1.165) is 12.8 Å². The Kier molecular flexibility index (Phi) is 6.77. The topological polar surface area (TPSA) is 54.0 Å². The van der Waals surface area contributed by atoms with Crippen molar-refractivity contribution in [3.63, 3.8) is 0 Å². The molecule has 1 aromatic carbocycles. The summed E-state index contributed by atoms with van der Waals surface area (Å²) in [6.07, 6.45) is 5.30. The maximum atomic E-state index is 11.6. The molecule has 0 fully saturated rings. The van der Waals surface area contributed by atoms with Gasteiger partial charge in [-0.15, -0.1) is 0 Å². The van der Waals surface area contributed by atoms with Crippen molar-refractivity contribution >= 4 is 5.97 Å². The summed E-state index contributed by atoms with van der Waals surface area (Å²) in [6, 6.07) is 8.89. The molecule has 0 amide bonds. The summed E-state index contributed by atoms with van der Waals surface area (Å²) < 4.78 is 21.2. The highest BCUT2D eigenvalue weighted by Crippen LogP contribution is 2.10. The highest BCUT2D eigenvalue weighted by Gasteiger charge is 2.10. The van der Waals surface area contributed by atoms with E-state index < -0.39 is 0 Å². The van der Waals surface area contributed by atoms with E-state index in [9.17, 15) is 4.79 Å². The summed E-state index contributed by atoms with van der Waals surface area (Å²) in [6.45, 7) is 1.50. The molecule has 2 rings (SSSR count). The lowest BCUT2D eigenvalue weighted by Gasteiger charge is -2.19. The lowest BCUT2D eigenvalue weighted by molar-refractivity contribution is -0.126. The number of esters is 1. The van der Waals surface area contributed by atoms with Gasteiger partial charge in [-0.2, -0.15) is 0 Å². The van der Waals surface area contributed by atoms with Crippen LogP contribution in [-0.2, 0) is 18.9 Å². The SMILES string of the molecule is O=C(OCCOCCOC1CCC=CO1)c1ccccc1. The number of hydrogen-bond acceptors (Lipinski definition) is 5. The van der Waals surface area contributed by atoms with E-state index in [1.165, 1.54) is 0 Å². The first kappa shape index (κ1) is 15.5. The van der Waals surface area contributed by atoms with Crippen molar-refractivity contribution in [2.24, 2.45) is 0 Å². The first-order chi connectivity index (χ1) is 10.4. The Hall–Kier alpha value is -1.85. The first-order valence-corrected chi connectivity index (χ1v) is 7.08. The molecular weight excluding hydrogens is 272 g/mol. The molecule has 1 unspecified atom stereocenters. The number of carbonyl (C=O) groups is 1. The summed E-state index contributed by atoms with van der Waals surface area (Å²) in [5.41, 5.74) is 0.545. The van der Waals surface area contributed by atoms with Crippen LogP contribution in [0.3, 0.4) is 0 Å². The average molecular weight is 292 g/mol. The second-order valence-electron chi connectivity index (χ2n) is 4.50. The van der Waals surface area contributed by atoms with Crippen molar-refractivity contribution in [2.75, 3.05) is 26.4 Å². The fourth-order valence-corrected chi connectivity index (χ4v) is 1.83. The number of hydrogen-bond donors (Lipinski definition) is 0. The minimum atomic E-state index is -0.335. The molecule has 1 aliphatic rings. The molecule has 114 valence electrons. The Balaban J connectivity index is 1.47. The zero-order valence-electron chi connectivity index (χ0n) is 11.9. The maximum absolute atomic E-state index is 11.6. The molecular formula is C16H20O5. The van der Waals surface area contributed by atoms with Gasteiger partial charge in [-0.25, -0.2) is 4.79 Å². The number of rotatable bonds is 8. The van der Waals surface area contributed by atoms with Gasteiger partial charge >= 0.3 is 5.97 Å². The van der Waals surface area contributed by atoms with Crippen molar-refractivity contribution in [1.29, 1.82) is 0 Å². The first-order valence-electron chi connectivity index (χ1n) is 7.08. The van der Waals surface area contributed by atoms with Crippen molar-refractivity contribution in [3.8, 4) is 0 Å². The molecule has 0 aromatic heterocycles. The standard InChI is InChI=1S/C16H20O5/c17-16(14-6-2-1-3-7-14)21-13-11-18-10-12-20-15-8-4-5-9-19-15/h1-3,5-7,9,15H,4,8,10-13H2. The third-order valence-corrected chi connectivity index (χ3v) is 2.90. The van der Waals surface area contributed by atoms with E-state index in [2.05, 4.69) is 0 Å². The molecule has 0 spiro atoms. The van der Waals surface area contributed by atoms with Crippen LogP contribution in [0.1, 0.15) is 23.2 Å². The molecule has 0 N–H and O–H groups in total. The Morgan fingerprint density at radius 1 is 1.14 bits per heavy atom. The van der Waals surface area contributed by atoms with E-state index in [4.69, 9.17) is 18.9 Å². The lowest BCUT2D eigenvalue weighted by atomic mass is 10.2. The normalized spacial score (nSPS) is 17.2. The average Bonchev–Trinajstić information content (AvgIpc) is 2.55. The Morgan fingerprint density at radius 3 is 2.71 bits per heavy atom. The van der Waals surface area contributed by atoms with E-state index in [1.807, 2.05) is 12.1 Å². The van der Waals surface area contributed by atoms with Gasteiger partial charge in [0, 0.05) is 6.42 Å². The van der Waals surface area contributed by atoms with Crippen LogP contribution in [0, 0.1) is 0 Å². The number of benzene rings is 1. The Morgan fingerprint density at radius 2 is 1.95 bits per heavy atom. The fraction of sp³-hybridized carbons (Fsp3) is 0.438. The molecule has 0 saturated carbocycles. The number of allylic oxidation sites excluding steroid dienone is 1. The maximum Gasteiger partial charge on any atom is 0.338 e. The van der Waals surface area contributed by atoms with Crippen LogP contribution in [-0.4, -0.2) is 38.7 Å². The van der Waals surface area contributed by atoms with Gasteiger partial charge in [-0.1, -0.05) is 18.2 Å². The van der Waals surface area contributed by atoms with Gasteiger partial charge in [-0.05, 0) is 24.6 Å². The monoisotopic (exact) mass is 292 g/mol. The van der Waals surface area contributed by atoms with Crippen LogP contribution in [0.4, 0.5) is 0 Å². The molecule has 1 aliphatic heterocycles. The van der Waals surface area contributed by atoms with Gasteiger partial charge in [-0.3, -0.25) is 0 Å². The summed E-state index contributed by atoms with van der Waals surface area (Å²) in [4.78, 5) is 11.6. The third-order valence-electron chi connectivity index (χ3n) is 2.90. The zero-order valence-corrected chi connectivity index (χ0v) is 11.9. The summed E-state index contributed by atoms with van der Waals surface area (Å²) >= 11 is 0. The Labute approximate surface area is 124 Å². The third kappa shape index (κ3) is 5.97. The second-order valence-corrected chi connectivity index (χ2v) is 4.50. The van der Waals surface area contributed by atoms with Crippen molar-refractivity contribution in [2.45, 2.75) is 19.1 Å². The van der Waals surface area contributed by atoms with E-state index >= 15 is 0 Å². The van der Waals surface area contributed by atoms with Crippen LogP contribution in [0.5, 0.6) is 0 Å². The number of ether oxygens (including phenoxy) is 4. The molecule has 5 heteroatoms. The summed E-state index contributed by atoms with van der Waals surface area (Å²) in [5.74, 6) is -0.335. The fourth-order valence-electron chi connectivity index (χ4n) is 1.83. The quantitative estimate of drug-likeness (QED) is 0.544. The zero-order chi connectivity index (χ0) is 14.8. The van der Waals surface area contributed by atoms with Crippen LogP contribution in [0.15, 0.2) is 42.7 Å². The summed E-state index contributed by atoms with van der Waals surface area (Å²) in [5, 5.41) is 0. The number of carbonyl (C=O) groups excluding carboxylic acids is 1. The van der Waals surface area contributed by atoms with Crippen LogP contribution in [0.2, 0.25) is 0 Å². The predicted molar refractivity (Wildman–Crippen MR) is 76.7 cm³/mol. The minimum Gasteiger partial charge on any atom is -0.473 e. The molecule has 1 aromatic rings. The van der Waals surface area contributed by atoms with E-state index in [-0.39, 0.29) is 18.9 Å². The highest BCUT2D eigenvalue weighted by atomic mass is 16.7. The second kappa shape index (κ2) is 9.15. The van der Waals surface area contributed by atoms with E-state index in [1.54, 1.807) is 30.5 Å². The van der Waals surface area contributed by atoms with Crippen LogP contribution >= 0.6 is 0 Å². The molecule has 21 heavy (non-hydrogen) atoms. The van der Waals surface area contributed by atoms with Crippen molar-refractivity contribution < 1.29 is 23.7 Å². The molecule has 5 nitrogen and oxygen atoms in total. The summed E-state index contributed by atoms with van der Waals surface area (Å²) in [7, 11) is 0. The smallest absolute Gasteiger partial charge is 0.338 e. The molecule has 1 atom stereocenters. The predicted octanol–water partition coefficient (Wildman–Crippen LogP) is 2.53. The largest absolute Gasteiger partial charge is 0.473 e. The molecule has 0 aliphatic carbocycles. The van der Waals surface area contributed by atoms with Gasteiger partial charge in [0.1, 0.15) is 6.61 Å². The van der Waals surface area contributed by atoms with Gasteiger partial charge in [0.25, 0.3) is 0 Å². The molecule has 0 radical (unpaired) electrons. The molecule has 0 bridgehead atoms. The van der Waals surface area contributed by atoms with Crippen LogP contribution in [0.25, 0.3) is 0 Å². The lowest BCUT2D eigenvalue weighted by Crippen LogP contribution is -2.20. The van der Waals surface area contributed by atoms with Gasteiger partial charge < -0.3 is 18.9 Å². The van der Waals surface area contributed by atoms with Gasteiger partial charge in [0.2, 0.25) is 0 Å². The minimum absolute atomic E-state index is 0.172. The van der Waals surface area contributed by atoms with Crippen LogP contribution < -0.4 is 0 Å². The molecule has 0 saturated heterocycles. The highest BCUT2D eigenvalue weighted by molar-refractivity contribution is 5.89. The van der Waals surface area contributed by atoms with Gasteiger partial charge in [0.05, 0.1) is 31.6 Å². The van der Waals surface area contributed by atoms with Gasteiger partial charge in [0.15, 0.2) is 6.29 Å².